The Morgan fingerprint density at radius 2 is 1.70 bits per heavy atom. The molecule has 0 aliphatic heterocycles. The topological polar surface area (TPSA) is 34.5 Å². The molecular weight excluding hydrogens is 308 g/mol. The highest BCUT2D eigenvalue weighted by atomic mass is 35.5. The molecule has 0 saturated heterocycles. The van der Waals surface area contributed by atoms with Crippen molar-refractivity contribution in [3.8, 4) is 0 Å². The summed E-state index contributed by atoms with van der Waals surface area (Å²) in [5.74, 6) is 0. The average molecular weight is 323 g/mol. The van der Waals surface area contributed by atoms with Gasteiger partial charge in [0.05, 0.1) is 0 Å². The maximum Gasteiger partial charge on any atom is 0.142 e. The van der Waals surface area contributed by atoms with Crippen LogP contribution in [0.25, 0.3) is 0 Å². The van der Waals surface area contributed by atoms with Gasteiger partial charge in [0.2, 0.25) is 0 Å². The number of aromatic nitrogens is 1. The molecule has 23 heavy (non-hydrogen) atoms. The molecule has 2 aromatic carbocycles. The first-order valence-electron chi connectivity index (χ1n) is 7.23. The molecule has 1 heterocycles. The first-order valence-corrected chi connectivity index (χ1v) is 7.61. The minimum Gasteiger partial charge on any atom is -0.390 e. The van der Waals surface area contributed by atoms with Crippen LogP contribution in [0.5, 0.6) is 0 Å². The molecule has 3 aromatic rings. The third-order valence-corrected chi connectivity index (χ3v) is 3.53. The molecule has 0 aliphatic carbocycles. The van der Waals surface area contributed by atoms with Crippen molar-refractivity contribution in [1.82, 2.24) is 4.98 Å². The van der Waals surface area contributed by atoms with Crippen molar-refractivity contribution in [2.24, 2.45) is 5.16 Å². The summed E-state index contributed by atoms with van der Waals surface area (Å²) in [6, 6.07) is 21.3. The highest BCUT2D eigenvalue weighted by Crippen LogP contribution is 2.15. The smallest absolute Gasteiger partial charge is 0.142 e. The zero-order valence-electron chi connectivity index (χ0n) is 12.4. The van der Waals surface area contributed by atoms with E-state index >= 15 is 0 Å². The highest BCUT2D eigenvalue weighted by Gasteiger charge is 2.08. The van der Waals surface area contributed by atoms with Crippen LogP contribution in [0.15, 0.2) is 84.3 Å². The molecule has 0 saturated carbocycles. The van der Waals surface area contributed by atoms with E-state index in [1.54, 1.807) is 12.4 Å². The summed E-state index contributed by atoms with van der Waals surface area (Å²) in [7, 11) is 0. The number of hydrogen-bond acceptors (Lipinski definition) is 3. The normalized spacial score (nSPS) is 11.3. The van der Waals surface area contributed by atoms with Gasteiger partial charge < -0.3 is 4.84 Å². The van der Waals surface area contributed by atoms with Gasteiger partial charge >= 0.3 is 0 Å². The van der Waals surface area contributed by atoms with Gasteiger partial charge in [-0.2, -0.15) is 0 Å². The van der Waals surface area contributed by atoms with E-state index in [9.17, 15) is 0 Å². The largest absolute Gasteiger partial charge is 0.390 e. The lowest BCUT2D eigenvalue weighted by atomic mass is 10.0. The molecule has 3 rings (SSSR count). The van der Waals surface area contributed by atoms with E-state index in [1.807, 2.05) is 66.7 Å². The molecule has 0 spiro atoms. The minimum absolute atomic E-state index is 0.415. The molecule has 1 aromatic heterocycles. The van der Waals surface area contributed by atoms with Crippen molar-refractivity contribution in [1.29, 1.82) is 0 Å². The lowest BCUT2D eigenvalue weighted by Gasteiger charge is -2.07. The number of oxime groups is 1. The number of benzene rings is 2. The molecule has 0 atom stereocenters. The van der Waals surface area contributed by atoms with Gasteiger partial charge in [-0.25, -0.2) is 0 Å². The Kier molecular flexibility index (Phi) is 5.02. The monoisotopic (exact) mass is 322 g/mol. The SMILES string of the molecule is Clc1ccc(C(=NOCc2ccccc2)c2cccnc2)cc1. The van der Waals surface area contributed by atoms with E-state index < -0.39 is 0 Å². The summed E-state index contributed by atoms with van der Waals surface area (Å²) in [6.45, 7) is 0.415. The van der Waals surface area contributed by atoms with Crippen LogP contribution in [0.2, 0.25) is 5.02 Å². The fourth-order valence-corrected chi connectivity index (χ4v) is 2.25. The summed E-state index contributed by atoms with van der Waals surface area (Å²) in [5.41, 5.74) is 3.61. The second kappa shape index (κ2) is 7.56. The van der Waals surface area contributed by atoms with Crippen LogP contribution in [0, 0.1) is 0 Å². The number of nitrogens with zero attached hydrogens (tertiary/aromatic N) is 2. The minimum atomic E-state index is 0.415. The first-order chi connectivity index (χ1) is 11.3. The zero-order valence-corrected chi connectivity index (χ0v) is 13.1. The first kappa shape index (κ1) is 15.3. The molecule has 0 amide bonds. The lowest BCUT2D eigenvalue weighted by molar-refractivity contribution is 0.131. The Hall–Kier alpha value is -2.65. The number of halogens is 1. The lowest BCUT2D eigenvalue weighted by Crippen LogP contribution is -2.05. The van der Waals surface area contributed by atoms with Crippen LogP contribution in [0.1, 0.15) is 16.7 Å². The van der Waals surface area contributed by atoms with Crippen molar-refractivity contribution in [2.75, 3.05) is 0 Å². The van der Waals surface area contributed by atoms with Gasteiger partial charge in [0, 0.05) is 28.5 Å². The van der Waals surface area contributed by atoms with Crippen LogP contribution in [0.4, 0.5) is 0 Å². The van der Waals surface area contributed by atoms with Gasteiger partial charge in [0.25, 0.3) is 0 Å². The molecule has 114 valence electrons. The van der Waals surface area contributed by atoms with Gasteiger partial charge in [-0.3, -0.25) is 4.98 Å². The highest BCUT2D eigenvalue weighted by molar-refractivity contribution is 6.30. The van der Waals surface area contributed by atoms with Gasteiger partial charge in [-0.1, -0.05) is 59.2 Å². The van der Waals surface area contributed by atoms with Crippen molar-refractivity contribution in [3.05, 3.63) is 101 Å². The second-order valence-electron chi connectivity index (χ2n) is 4.95. The Balaban J connectivity index is 1.86. The Morgan fingerprint density at radius 1 is 0.913 bits per heavy atom. The molecule has 0 bridgehead atoms. The Morgan fingerprint density at radius 3 is 2.39 bits per heavy atom. The van der Waals surface area contributed by atoms with Crippen molar-refractivity contribution in [3.63, 3.8) is 0 Å². The number of rotatable bonds is 5. The van der Waals surface area contributed by atoms with Gasteiger partial charge in [-0.05, 0) is 29.8 Å². The molecule has 0 radical (unpaired) electrons. The molecule has 4 heteroatoms. The van der Waals surface area contributed by atoms with Gasteiger partial charge in [0.1, 0.15) is 12.3 Å². The summed E-state index contributed by atoms with van der Waals surface area (Å²) in [6.07, 6.45) is 3.49. The van der Waals surface area contributed by atoms with E-state index in [1.165, 1.54) is 0 Å². The third-order valence-electron chi connectivity index (χ3n) is 3.28. The van der Waals surface area contributed by atoms with Gasteiger partial charge in [0.15, 0.2) is 0 Å². The quantitative estimate of drug-likeness (QED) is 0.504. The van der Waals surface area contributed by atoms with E-state index in [4.69, 9.17) is 16.4 Å². The third kappa shape index (κ3) is 4.18. The summed E-state index contributed by atoms with van der Waals surface area (Å²) >= 11 is 5.96. The number of pyridine rings is 1. The van der Waals surface area contributed by atoms with E-state index in [2.05, 4.69) is 10.1 Å². The Labute approximate surface area is 140 Å². The Bertz CT molecular complexity index is 771. The van der Waals surface area contributed by atoms with Crippen LogP contribution in [0.3, 0.4) is 0 Å². The van der Waals surface area contributed by atoms with Crippen LogP contribution < -0.4 is 0 Å². The van der Waals surface area contributed by atoms with Crippen molar-refractivity contribution < 1.29 is 4.84 Å². The van der Waals surface area contributed by atoms with E-state index in [0.29, 0.717) is 11.6 Å². The predicted molar refractivity (Wildman–Crippen MR) is 92.6 cm³/mol. The fourth-order valence-electron chi connectivity index (χ4n) is 2.13. The second-order valence-corrected chi connectivity index (χ2v) is 5.38. The maximum absolute atomic E-state index is 5.96. The molecule has 0 aliphatic rings. The molecule has 3 nitrogen and oxygen atoms in total. The van der Waals surface area contributed by atoms with Gasteiger partial charge in [-0.15, -0.1) is 0 Å². The van der Waals surface area contributed by atoms with Crippen molar-refractivity contribution in [2.45, 2.75) is 6.61 Å². The molecular formula is C19H15ClN2O. The maximum atomic E-state index is 5.96. The molecule has 0 fully saturated rings. The average Bonchev–Trinajstić information content (AvgIpc) is 2.61. The summed E-state index contributed by atoms with van der Waals surface area (Å²) in [4.78, 5) is 9.70. The van der Waals surface area contributed by atoms with E-state index in [0.717, 1.165) is 22.4 Å². The summed E-state index contributed by atoms with van der Waals surface area (Å²) < 4.78 is 0. The summed E-state index contributed by atoms with van der Waals surface area (Å²) in [5, 5.41) is 5.01. The van der Waals surface area contributed by atoms with Crippen LogP contribution in [-0.2, 0) is 11.4 Å². The fraction of sp³-hybridized carbons (Fsp3) is 0.0526. The molecule has 0 unspecified atom stereocenters. The van der Waals surface area contributed by atoms with Crippen LogP contribution >= 0.6 is 11.6 Å². The standard InChI is InChI=1S/C19H15ClN2O/c20-18-10-8-16(9-11-18)19(17-7-4-12-21-13-17)22-23-14-15-5-2-1-3-6-15/h1-13H,14H2. The van der Waals surface area contributed by atoms with Crippen molar-refractivity contribution >= 4 is 17.3 Å². The predicted octanol–water partition coefficient (Wildman–Crippen LogP) is 4.70. The molecule has 0 N–H and O–H groups in total. The zero-order chi connectivity index (χ0) is 15.9. The number of hydrogen-bond donors (Lipinski definition) is 0. The van der Waals surface area contributed by atoms with E-state index in [-0.39, 0.29) is 0 Å². The van der Waals surface area contributed by atoms with Crippen LogP contribution in [-0.4, -0.2) is 10.7 Å².